The molecule has 5 nitrogen and oxygen atoms in total. The summed E-state index contributed by atoms with van der Waals surface area (Å²) in [6.07, 6.45) is 1.80. The van der Waals surface area contributed by atoms with Gasteiger partial charge >= 0.3 is 0 Å². The molecule has 0 aliphatic carbocycles. The molecule has 0 radical (unpaired) electrons. The minimum absolute atomic E-state index is 0.108. The predicted octanol–water partition coefficient (Wildman–Crippen LogP) is 3.55. The lowest BCUT2D eigenvalue weighted by Gasteiger charge is -2.12. The fourth-order valence-electron chi connectivity index (χ4n) is 2.71. The minimum atomic E-state index is -3.66. The van der Waals surface area contributed by atoms with Crippen molar-refractivity contribution in [1.82, 2.24) is 9.29 Å². The second kappa shape index (κ2) is 8.37. The quantitative estimate of drug-likeness (QED) is 0.642. The molecule has 0 saturated heterocycles. The van der Waals surface area contributed by atoms with E-state index in [1.165, 1.54) is 18.2 Å². The van der Waals surface area contributed by atoms with Crippen LogP contribution in [0.25, 0.3) is 0 Å². The molecule has 7 heteroatoms. The molecule has 27 heavy (non-hydrogen) atoms. The van der Waals surface area contributed by atoms with E-state index in [0.29, 0.717) is 24.5 Å². The minimum Gasteiger partial charge on any atom is -0.494 e. The SMILES string of the molecule is CCOc1ccc(S(=O)(=O)NCc2cccn2Cc2ccccc2F)cc1. The summed E-state index contributed by atoms with van der Waals surface area (Å²) in [7, 11) is -3.66. The van der Waals surface area contributed by atoms with E-state index in [2.05, 4.69) is 4.72 Å². The van der Waals surface area contributed by atoms with E-state index in [9.17, 15) is 12.8 Å². The van der Waals surface area contributed by atoms with Crippen LogP contribution < -0.4 is 9.46 Å². The highest BCUT2D eigenvalue weighted by Crippen LogP contribution is 2.17. The number of aromatic nitrogens is 1. The summed E-state index contributed by atoms with van der Waals surface area (Å²) < 4.78 is 48.6. The summed E-state index contributed by atoms with van der Waals surface area (Å²) in [6, 6.07) is 16.4. The Balaban J connectivity index is 1.70. The Hall–Kier alpha value is -2.64. The summed E-state index contributed by atoms with van der Waals surface area (Å²) in [5.74, 6) is 0.335. The number of hydrogen-bond acceptors (Lipinski definition) is 3. The lowest BCUT2D eigenvalue weighted by atomic mass is 10.2. The summed E-state index contributed by atoms with van der Waals surface area (Å²) >= 11 is 0. The van der Waals surface area contributed by atoms with Gasteiger partial charge in [-0.15, -0.1) is 0 Å². The summed E-state index contributed by atoms with van der Waals surface area (Å²) in [4.78, 5) is 0.165. The van der Waals surface area contributed by atoms with Gasteiger partial charge in [0.25, 0.3) is 0 Å². The number of sulfonamides is 1. The molecule has 0 spiro atoms. The van der Waals surface area contributed by atoms with Gasteiger partial charge in [0.15, 0.2) is 0 Å². The van der Waals surface area contributed by atoms with E-state index in [-0.39, 0.29) is 17.3 Å². The van der Waals surface area contributed by atoms with Crippen LogP contribution in [0.1, 0.15) is 18.2 Å². The van der Waals surface area contributed by atoms with Crippen molar-refractivity contribution < 1.29 is 17.5 Å². The Kier molecular flexibility index (Phi) is 5.93. The summed E-state index contributed by atoms with van der Waals surface area (Å²) in [5, 5.41) is 0. The fourth-order valence-corrected chi connectivity index (χ4v) is 3.71. The normalized spacial score (nSPS) is 11.5. The number of halogens is 1. The molecule has 1 heterocycles. The van der Waals surface area contributed by atoms with Crippen molar-refractivity contribution in [1.29, 1.82) is 0 Å². The smallest absolute Gasteiger partial charge is 0.240 e. The first-order chi connectivity index (χ1) is 13.0. The van der Waals surface area contributed by atoms with E-state index in [1.807, 2.05) is 17.6 Å². The fraction of sp³-hybridized carbons (Fsp3) is 0.200. The molecular weight excluding hydrogens is 367 g/mol. The van der Waals surface area contributed by atoms with Crippen LogP contribution in [0.3, 0.4) is 0 Å². The first-order valence-electron chi connectivity index (χ1n) is 8.59. The van der Waals surface area contributed by atoms with Crippen molar-refractivity contribution in [2.45, 2.75) is 24.9 Å². The molecule has 0 aliphatic rings. The van der Waals surface area contributed by atoms with Gasteiger partial charge in [0, 0.05) is 17.5 Å². The largest absolute Gasteiger partial charge is 0.494 e. The van der Waals surface area contributed by atoms with E-state index >= 15 is 0 Å². The Bertz CT molecular complexity index is 998. The van der Waals surface area contributed by atoms with Crippen LogP contribution >= 0.6 is 0 Å². The van der Waals surface area contributed by atoms with Crippen LogP contribution in [-0.2, 0) is 23.1 Å². The average molecular weight is 388 g/mol. The maximum absolute atomic E-state index is 13.9. The molecule has 0 atom stereocenters. The Morgan fingerprint density at radius 1 is 1.04 bits per heavy atom. The summed E-state index contributed by atoms with van der Waals surface area (Å²) in [5.41, 5.74) is 1.29. The first-order valence-corrected chi connectivity index (χ1v) is 10.1. The highest BCUT2D eigenvalue weighted by molar-refractivity contribution is 7.89. The van der Waals surface area contributed by atoms with Crippen LogP contribution in [0, 0.1) is 5.82 Å². The number of nitrogens with zero attached hydrogens (tertiary/aromatic N) is 1. The third kappa shape index (κ3) is 4.75. The van der Waals surface area contributed by atoms with Gasteiger partial charge in [0.2, 0.25) is 10.0 Å². The second-order valence-electron chi connectivity index (χ2n) is 5.95. The van der Waals surface area contributed by atoms with Gasteiger partial charge in [-0.05, 0) is 49.4 Å². The Morgan fingerprint density at radius 3 is 2.48 bits per heavy atom. The zero-order valence-corrected chi connectivity index (χ0v) is 15.7. The molecule has 1 N–H and O–H groups in total. The van der Waals surface area contributed by atoms with Gasteiger partial charge < -0.3 is 9.30 Å². The van der Waals surface area contributed by atoms with E-state index in [4.69, 9.17) is 4.74 Å². The van der Waals surface area contributed by atoms with Crippen molar-refractivity contribution in [2.75, 3.05) is 6.61 Å². The third-order valence-electron chi connectivity index (χ3n) is 4.11. The van der Waals surface area contributed by atoms with Gasteiger partial charge in [-0.2, -0.15) is 0 Å². The van der Waals surface area contributed by atoms with Crippen molar-refractivity contribution in [3.8, 4) is 5.75 Å². The summed E-state index contributed by atoms with van der Waals surface area (Å²) in [6.45, 7) is 2.82. The van der Waals surface area contributed by atoms with Gasteiger partial charge in [-0.1, -0.05) is 18.2 Å². The monoisotopic (exact) mass is 388 g/mol. The molecule has 0 amide bonds. The molecule has 0 unspecified atom stereocenters. The molecule has 0 fully saturated rings. The van der Waals surface area contributed by atoms with Crippen molar-refractivity contribution in [2.24, 2.45) is 0 Å². The molecule has 0 aliphatic heterocycles. The van der Waals surface area contributed by atoms with E-state index < -0.39 is 10.0 Å². The predicted molar refractivity (Wildman–Crippen MR) is 102 cm³/mol. The van der Waals surface area contributed by atoms with Gasteiger partial charge in [-0.3, -0.25) is 0 Å². The van der Waals surface area contributed by atoms with Crippen LogP contribution in [0.4, 0.5) is 4.39 Å². The van der Waals surface area contributed by atoms with Gasteiger partial charge in [0.1, 0.15) is 11.6 Å². The average Bonchev–Trinajstić information content (AvgIpc) is 3.10. The first kappa shape index (κ1) is 19.1. The number of nitrogens with one attached hydrogen (secondary N) is 1. The molecule has 2 aromatic carbocycles. The molecule has 1 aromatic heterocycles. The highest BCUT2D eigenvalue weighted by Gasteiger charge is 2.15. The Labute approximate surface area is 158 Å². The molecule has 0 bridgehead atoms. The third-order valence-corrected chi connectivity index (χ3v) is 5.53. The maximum Gasteiger partial charge on any atom is 0.240 e. The number of rotatable bonds is 8. The standard InChI is InChI=1S/C20H21FN2O3S/c1-2-26-18-9-11-19(12-10-18)27(24,25)22-14-17-7-5-13-23(17)15-16-6-3-4-8-20(16)21/h3-13,22H,2,14-15H2,1H3. The topological polar surface area (TPSA) is 60.3 Å². The zero-order chi connectivity index (χ0) is 19.3. The Morgan fingerprint density at radius 2 is 1.78 bits per heavy atom. The second-order valence-corrected chi connectivity index (χ2v) is 7.71. The molecule has 0 saturated carbocycles. The van der Waals surface area contributed by atoms with Crippen molar-refractivity contribution in [3.63, 3.8) is 0 Å². The van der Waals surface area contributed by atoms with E-state index in [1.54, 1.807) is 42.6 Å². The number of ether oxygens (including phenoxy) is 1. The molecule has 3 aromatic rings. The van der Waals surface area contributed by atoms with Crippen LogP contribution in [0.2, 0.25) is 0 Å². The van der Waals surface area contributed by atoms with Crippen LogP contribution in [-0.4, -0.2) is 19.6 Å². The molecular formula is C20H21FN2O3S. The lowest BCUT2D eigenvalue weighted by molar-refractivity contribution is 0.340. The highest BCUT2D eigenvalue weighted by atomic mass is 32.2. The number of hydrogen-bond donors (Lipinski definition) is 1. The number of benzene rings is 2. The van der Waals surface area contributed by atoms with Crippen molar-refractivity contribution in [3.05, 3.63) is 83.9 Å². The lowest BCUT2D eigenvalue weighted by Crippen LogP contribution is -2.24. The maximum atomic E-state index is 13.9. The van der Waals surface area contributed by atoms with E-state index in [0.717, 1.165) is 5.69 Å². The zero-order valence-electron chi connectivity index (χ0n) is 14.9. The molecule has 3 rings (SSSR count). The van der Waals surface area contributed by atoms with Crippen LogP contribution in [0.15, 0.2) is 71.8 Å². The van der Waals surface area contributed by atoms with Gasteiger partial charge in [0.05, 0.1) is 24.6 Å². The van der Waals surface area contributed by atoms with Crippen molar-refractivity contribution >= 4 is 10.0 Å². The molecule has 142 valence electrons. The van der Waals surface area contributed by atoms with Crippen LogP contribution in [0.5, 0.6) is 5.75 Å². The van der Waals surface area contributed by atoms with Gasteiger partial charge in [-0.25, -0.2) is 17.5 Å².